The van der Waals surface area contributed by atoms with Crippen LogP contribution in [0.25, 0.3) is 0 Å². The first-order valence-corrected chi connectivity index (χ1v) is 8.51. The summed E-state index contributed by atoms with van der Waals surface area (Å²) in [5.41, 5.74) is 0. The molecule has 0 saturated carbocycles. The lowest BCUT2D eigenvalue weighted by molar-refractivity contribution is -0.130. The molecular formula is C14H26N2OS. The van der Waals surface area contributed by atoms with Crippen molar-refractivity contribution in [2.24, 2.45) is 0 Å². The van der Waals surface area contributed by atoms with Gasteiger partial charge in [0.1, 0.15) is 0 Å². The zero-order valence-electron chi connectivity index (χ0n) is 11.3. The van der Waals surface area contributed by atoms with Gasteiger partial charge in [-0.05, 0) is 31.4 Å². The minimum atomic E-state index is 0.303. The van der Waals surface area contributed by atoms with Crippen molar-refractivity contribution in [3.8, 4) is 0 Å². The van der Waals surface area contributed by atoms with Gasteiger partial charge in [-0.2, -0.15) is 11.8 Å². The lowest BCUT2D eigenvalue weighted by atomic mass is 10.2. The van der Waals surface area contributed by atoms with Gasteiger partial charge in [-0.3, -0.25) is 4.79 Å². The second-order valence-corrected chi connectivity index (χ2v) is 6.82. The first kappa shape index (κ1) is 14.2. The van der Waals surface area contributed by atoms with Crippen molar-refractivity contribution in [3.63, 3.8) is 0 Å². The molecule has 2 heterocycles. The van der Waals surface area contributed by atoms with E-state index in [1.165, 1.54) is 50.7 Å². The molecule has 1 atom stereocenters. The molecule has 4 heteroatoms. The third kappa shape index (κ3) is 4.81. The van der Waals surface area contributed by atoms with Crippen LogP contribution in [-0.2, 0) is 4.79 Å². The van der Waals surface area contributed by atoms with Gasteiger partial charge in [0.25, 0.3) is 0 Å². The second-order valence-electron chi connectivity index (χ2n) is 5.41. The summed E-state index contributed by atoms with van der Waals surface area (Å²) < 4.78 is 0. The number of carbonyl (C=O) groups is 1. The van der Waals surface area contributed by atoms with Crippen molar-refractivity contribution < 1.29 is 4.79 Å². The van der Waals surface area contributed by atoms with E-state index in [9.17, 15) is 4.79 Å². The molecular weight excluding hydrogens is 244 g/mol. The largest absolute Gasteiger partial charge is 0.342 e. The molecule has 0 aliphatic carbocycles. The zero-order chi connectivity index (χ0) is 12.6. The summed E-state index contributed by atoms with van der Waals surface area (Å²) in [6.07, 6.45) is 8.99. The van der Waals surface area contributed by atoms with Gasteiger partial charge < -0.3 is 10.2 Å². The highest BCUT2D eigenvalue weighted by Gasteiger charge is 2.17. The maximum atomic E-state index is 12.0. The van der Waals surface area contributed by atoms with E-state index < -0.39 is 0 Å². The van der Waals surface area contributed by atoms with Gasteiger partial charge in [0, 0.05) is 24.9 Å². The van der Waals surface area contributed by atoms with E-state index in [0.717, 1.165) is 24.9 Å². The van der Waals surface area contributed by atoms with Crippen LogP contribution in [0.3, 0.4) is 0 Å². The van der Waals surface area contributed by atoms with Crippen LogP contribution in [-0.4, -0.2) is 48.0 Å². The third-order valence-corrected chi connectivity index (χ3v) is 5.28. The molecule has 0 spiro atoms. The molecule has 0 aromatic carbocycles. The van der Waals surface area contributed by atoms with Crippen molar-refractivity contribution in [1.82, 2.24) is 10.2 Å². The van der Waals surface area contributed by atoms with Gasteiger partial charge in [0.2, 0.25) is 5.91 Å². The maximum absolute atomic E-state index is 12.0. The molecule has 3 nitrogen and oxygen atoms in total. The highest BCUT2D eigenvalue weighted by Crippen LogP contribution is 2.24. The smallest absolute Gasteiger partial charge is 0.236 e. The number of rotatable bonds is 4. The number of nitrogens with one attached hydrogen (secondary N) is 1. The molecule has 2 aliphatic heterocycles. The predicted octanol–water partition coefficient (Wildman–Crippen LogP) is 2.26. The topological polar surface area (TPSA) is 32.3 Å². The SMILES string of the molecule is O=C(CNCC1CCCCS1)N1CCCCCC1. The zero-order valence-corrected chi connectivity index (χ0v) is 12.1. The van der Waals surface area contributed by atoms with Gasteiger partial charge in [-0.15, -0.1) is 0 Å². The first-order chi connectivity index (χ1) is 8.86. The lowest BCUT2D eigenvalue weighted by Crippen LogP contribution is -2.40. The van der Waals surface area contributed by atoms with E-state index in [-0.39, 0.29) is 0 Å². The number of likely N-dealkylation sites (tertiary alicyclic amines) is 1. The minimum absolute atomic E-state index is 0.303. The molecule has 0 aromatic heterocycles. The van der Waals surface area contributed by atoms with Crippen LogP contribution >= 0.6 is 11.8 Å². The number of thioether (sulfide) groups is 1. The fraction of sp³-hybridized carbons (Fsp3) is 0.929. The molecule has 1 amide bonds. The molecule has 2 saturated heterocycles. The predicted molar refractivity (Wildman–Crippen MR) is 78.0 cm³/mol. The van der Waals surface area contributed by atoms with E-state index >= 15 is 0 Å². The van der Waals surface area contributed by atoms with Crippen LogP contribution in [0, 0.1) is 0 Å². The van der Waals surface area contributed by atoms with Gasteiger partial charge in [-0.1, -0.05) is 19.3 Å². The fourth-order valence-corrected chi connectivity index (χ4v) is 4.01. The summed E-state index contributed by atoms with van der Waals surface area (Å²) in [4.78, 5) is 14.1. The van der Waals surface area contributed by atoms with Gasteiger partial charge in [-0.25, -0.2) is 0 Å². The molecule has 1 N–H and O–H groups in total. The van der Waals surface area contributed by atoms with Crippen molar-refractivity contribution in [2.45, 2.75) is 50.2 Å². The number of hydrogen-bond acceptors (Lipinski definition) is 3. The maximum Gasteiger partial charge on any atom is 0.236 e. The highest BCUT2D eigenvalue weighted by atomic mass is 32.2. The number of carbonyl (C=O) groups excluding carboxylic acids is 1. The highest BCUT2D eigenvalue weighted by molar-refractivity contribution is 7.99. The molecule has 0 radical (unpaired) electrons. The molecule has 0 bridgehead atoms. The normalized spacial score (nSPS) is 25.8. The molecule has 2 fully saturated rings. The Morgan fingerprint density at radius 2 is 1.89 bits per heavy atom. The van der Waals surface area contributed by atoms with Crippen LogP contribution in [0.4, 0.5) is 0 Å². The van der Waals surface area contributed by atoms with Gasteiger partial charge in [0.15, 0.2) is 0 Å². The van der Waals surface area contributed by atoms with Crippen molar-refractivity contribution >= 4 is 17.7 Å². The van der Waals surface area contributed by atoms with Gasteiger partial charge in [0.05, 0.1) is 6.54 Å². The number of nitrogens with zero attached hydrogens (tertiary/aromatic N) is 1. The third-order valence-electron chi connectivity index (χ3n) is 3.88. The molecule has 104 valence electrons. The molecule has 1 unspecified atom stereocenters. The van der Waals surface area contributed by atoms with Crippen LogP contribution < -0.4 is 5.32 Å². The Labute approximate surface area is 115 Å². The summed E-state index contributed by atoms with van der Waals surface area (Å²) >= 11 is 2.07. The van der Waals surface area contributed by atoms with E-state index in [1.807, 2.05) is 4.90 Å². The molecule has 2 aliphatic rings. The van der Waals surface area contributed by atoms with Crippen LogP contribution in [0.5, 0.6) is 0 Å². The average Bonchev–Trinajstić information content (AvgIpc) is 2.69. The van der Waals surface area contributed by atoms with E-state index in [2.05, 4.69) is 17.1 Å². The summed E-state index contributed by atoms with van der Waals surface area (Å²) in [6.45, 7) is 3.48. The second kappa shape index (κ2) is 8.05. The Bertz CT molecular complexity index is 246. The average molecular weight is 270 g/mol. The fourth-order valence-electron chi connectivity index (χ4n) is 2.74. The minimum Gasteiger partial charge on any atom is -0.342 e. The van der Waals surface area contributed by atoms with Crippen molar-refractivity contribution in [2.75, 3.05) is 31.9 Å². The van der Waals surface area contributed by atoms with Crippen LogP contribution in [0.2, 0.25) is 0 Å². The number of amides is 1. The summed E-state index contributed by atoms with van der Waals surface area (Å²) in [7, 11) is 0. The Morgan fingerprint density at radius 3 is 2.56 bits per heavy atom. The summed E-state index contributed by atoms with van der Waals surface area (Å²) in [6, 6.07) is 0. The van der Waals surface area contributed by atoms with Crippen molar-refractivity contribution in [1.29, 1.82) is 0 Å². The number of hydrogen-bond donors (Lipinski definition) is 1. The lowest BCUT2D eigenvalue weighted by Gasteiger charge is -2.23. The molecule has 0 aromatic rings. The summed E-state index contributed by atoms with van der Waals surface area (Å²) in [5, 5.41) is 4.09. The molecule has 18 heavy (non-hydrogen) atoms. The van der Waals surface area contributed by atoms with E-state index in [0.29, 0.717) is 12.5 Å². The monoisotopic (exact) mass is 270 g/mol. The Balaban J connectivity index is 1.61. The Kier molecular flexibility index (Phi) is 6.35. The van der Waals surface area contributed by atoms with Crippen LogP contribution in [0.1, 0.15) is 44.9 Å². The summed E-state index contributed by atoms with van der Waals surface area (Å²) in [5.74, 6) is 1.60. The quantitative estimate of drug-likeness (QED) is 0.850. The molecule has 2 rings (SSSR count). The van der Waals surface area contributed by atoms with E-state index in [1.54, 1.807) is 0 Å². The first-order valence-electron chi connectivity index (χ1n) is 7.46. The van der Waals surface area contributed by atoms with Crippen molar-refractivity contribution in [3.05, 3.63) is 0 Å². The van der Waals surface area contributed by atoms with Gasteiger partial charge >= 0.3 is 0 Å². The van der Waals surface area contributed by atoms with E-state index in [4.69, 9.17) is 0 Å². The van der Waals surface area contributed by atoms with Crippen LogP contribution in [0.15, 0.2) is 0 Å². The standard InChI is InChI=1S/C14H26N2OS/c17-14(16-8-4-1-2-5-9-16)12-15-11-13-7-3-6-10-18-13/h13,15H,1-12H2. The Morgan fingerprint density at radius 1 is 1.11 bits per heavy atom. The Hall–Kier alpha value is -0.220.